The highest BCUT2D eigenvalue weighted by Gasteiger charge is 2.41. The molecule has 0 aromatic carbocycles. The lowest BCUT2D eigenvalue weighted by Gasteiger charge is -2.18. The Kier molecular flexibility index (Phi) is 5.00. The Hall–Kier alpha value is 0.260. The van der Waals surface area contributed by atoms with Gasteiger partial charge in [0, 0.05) is 16.1 Å². The number of thiophene rings is 3. The highest BCUT2D eigenvalue weighted by molar-refractivity contribution is 7.95. The minimum atomic E-state index is -1.35. The van der Waals surface area contributed by atoms with Crippen molar-refractivity contribution in [3.8, 4) is 0 Å². The topological polar surface area (TPSA) is 0 Å². The second kappa shape index (κ2) is 6.14. The van der Waals surface area contributed by atoms with E-state index < -0.39 is 7.26 Å². The van der Waals surface area contributed by atoms with E-state index in [1.165, 1.54) is 15.9 Å². The molecule has 0 saturated heterocycles. The van der Waals surface area contributed by atoms with Crippen molar-refractivity contribution < 1.29 is 24.0 Å². The predicted molar refractivity (Wildman–Crippen MR) is 84.7 cm³/mol. The van der Waals surface area contributed by atoms with Crippen molar-refractivity contribution in [2.75, 3.05) is 6.66 Å². The quantitative estimate of drug-likeness (QED) is 0.433. The van der Waals surface area contributed by atoms with Gasteiger partial charge in [-0.1, -0.05) is 0 Å². The molecule has 0 atom stereocenters. The molecule has 0 fully saturated rings. The van der Waals surface area contributed by atoms with Gasteiger partial charge in [-0.05, 0) is 34.3 Å². The Labute approximate surface area is 137 Å². The van der Waals surface area contributed by atoms with Crippen LogP contribution in [0.15, 0.2) is 50.5 Å². The normalized spacial score (nSPS) is 11.2. The van der Waals surface area contributed by atoms with Gasteiger partial charge in [-0.15, -0.1) is 34.0 Å². The first-order valence-corrected chi connectivity index (χ1v) is 10.3. The van der Waals surface area contributed by atoms with Crippen LogP contribution in [0.4, 0.5) is 0 Å². The smallest absolute Gasteiger partial charge is 0.115 e. The van der Waals surface area contributed by atoms with Gasteiger partial charge in [-0.2, -0.15) is 0 Å². The maximum absolute atomic E-state index is 2.43. The molecule has 0 aliphatic rings. The average molecular weight is 422 g/mol. The zero-order chi connectivity index (χ0) is 11.7. The maximum atomic E-state index is 2.43. The van der Waals surface area contributed by atoms with Crippen LogP contribution in [-0.2, 0) is 0 Å². The van der Waals surface area contributed by atoms with E-state index in [0.29, 0.717) is 0 Å². The van der Waals surface area contributed by atoms with Gasteiger partial charge in [-0.3, -0.25) is 0 Å². The van der Waals surface area contributed by atoms with Gasteiger partial charge in [0.25, 0.3) is 0 Å². The van der Waals surface area contributed by atoms with Crippen LogP contribution in [0, 0.1) is 0 Å². The Bertz CT molecular complexity index is 486. The summed E-state index contributed by atoms with van der Waals surface area (Å²) in [6.45, 7) is 2.43. The molecule has 3 heterocycles. The van der Waals surface area contributed by atoms with Gasteiger partial charge in [0.15, 0.2) is 0 Å². The van der Waals surface area contributed by atoms with E-state index in [0.717, 1.165) is 0 Å². The van der Waals surface area contributed by atoms with Crippen LogP contribution >= 0.6 is 41.3 Å². The van der Waals surface area contributed by atoms with Crippen LogP contribution in [0.25, 0.3) is 0 Å². The van der Waals surface area contributed by atoms with Crippen molar-refractivity contribution in [1.82, 2.24) is 0 Å². The van der Waals surface area contributed by atoms with Gasteiger partial charge in [0.2, 0.25) is 0 Å². The van der Waals surface area contributed by atoms with Crippen molar-refractivity contribution in [3.05, 3.63) is 50.5 Å². The van der Waals surface area contributed by atoms with Crippen molar-refractivity contribution in [2.45, 2.75) is 0 Å². The van der Waals surface area contributed by atoms with E-state index in [9.17, 15) is 0 Å². The van der Waals surface area contributed by atoms with Crippen molar-refractivity contribution in [2.24, 2.45) is 0 Å². The molecule has 94 valence electrons. The number of hydrogen-bond donors (Lipinski definition) is 0. The largest absolute Gasteiger partial charge is 1.00 e. The Balaban J connectivity index is 0.00000120. The van der Waals surface area contributed by atoms with Gasteiger partial charge < -0.3 is 24.0 Å². The Morgan fingerprint density at radius 2 is 1.06 bits per heavy atom. The minimum Gasteiger partial charge on any atom is -1.00 e. The highest BCUT2D eigenvalue weighted by Crippen LogP contribution is 2.52. The summed E-state index contributed by atoms with van der Waals surface area (Å²) in [5, 5.41) is 18.0. The second-order valence-electron chi connectivity index (χ2n) is 3.95. The summed E-state index contributed by atoms with van der Waals surface area (Å²) in [6, 6.07) is 6.86. The summed E-state index contributed by atoms with van der Waals surface area (Å²) in [6.07, 6.45) is 0. The summed E-state index contributed by atoms with van der Waals surface area (Å²) >= 11 is 5.39. The summed E-state index contributed by atoms with van der Waals surface area (Å²) in [5.74, 6) is 0. The molecule has 0 saturated carbocycles. The highest BCUT2D eigenvalue weighted by atomic mass is 127. The molecule has 0 bridgehead atoms. The summed E-state index contributed by atoms with van der Waals surface area (Å²) in [5.41, 5.74) is 0. The number of rotatable bonds is 3. The third-order valence-electron chi connectivity index (χ3n) is 3.07. The van der Waals surface area contributed by atoms with E-state index in [1.54, 1.807) is 34.0 Å². The van der Waals surface area contributed by atoms with Crippen LogP contribution < -0.4 is 39.9 Å². The van der Waals surface area contributed by atoms with Gasteiger partial charge in [0.05, 0.1) is 6.66 Å². The Morgan fingerprint density at radius 1 is 0.722 bits per heavy atom. The molecule has 3 aromatic heterocycles. The first-order chi connectivity index (χ1) is 8.32. The van der Waals surface area contributed by atoms with E-state index in [2.05, 4.69) is 57.1 Å². The third kappa shape index (κ3) is 2.46. The molecule has 0 unspecified atom stereocenters. The molecule has 0 amide bonds. The molecule has 5 heteroatoms. The molecule has 0 N–H and O–H groups in total. The standard InChI is InChI=1S/C13H12PS3.HI/c1-14(11-2-5-15-8-11,12-3-6-16-9-12)13-4-7-17-10-13;/h2-10H,1H3;1H/q+1;/p-1. The molecule has 0 aliphatic carbocycles. The monoisotopic (exact) mass is 422 g/mol. The zero-order valence-electron chi connectivity index (χ0n) is 9.75. The molecule has 0 nitrogen and oxygen atoms in total. The fourth-order valence-corrected chi connectivity index (χ4v) is 8.94. The molecule has 0 spiro atoms. The van der Waals surface area contributed by atoms with E-state index in [1.807, 2.05) is 0 Å². The van der Waals surface area contributed by atoms with E-state index in [-0.39, 0.29) is 24.0 Å². The zero-order valence-corrected chi connectivity index (χ0v) is 15.2. The maximum Gasteiger partial charge on any atom is 0.115 e. The number of halogens is 1. The molecular weight excluding hydrogens is 410 g/mol. The van der Waals surface area contributed by atoms with Crippen LogP contribution in [0.5, 0.6) is 0 Å². The van der Waals surface area contributed by atoms with E-state index >= 15 is 0 Å². The van der Waals surface area contributed by atoms with Gasteiger partial charge >= 0.3 is 0 Å². The molecule has 3 rings (SSSR count). The lowest BCUT2D eigenvalue weighted by atomic mass is 10.6. The molecular formula is C13H12IPS3. The third-order valence-corrected chi connectivity index (χ3v) is 9.57. The molecule has 0 aliphatic heterocycles. The summed E-state index contributed by atoms with van der Waals surface area (Å²) in [4.78, 5) is 0. The van der Waals surface area contributed by atoms with Crippen LogP contribution in [-0.4, -0.2) is 6.66 Å². The fourth-order valence-electron chi connectivity index (χ4n) is 1.98. The van der Waals surface area contributed by atoms with E-state index in [4.69, 9.17) is 0 Å². The van der Waals surface area contributed by atoms with Crippen molar-refractivity contribution in [1.29, 1.82) is 0 Å². The van der Waals surface area contributed by atoms with Crippen molar-refractivity contribution in [3.63, 3.8) is 0 Å². The Morgan fingerprint density at radius 3 is 1.28 bits per heavy atom. The first kappa shape index (κ1) is 14.7. The predicted octanol–water partition coefficient (Wildman–Crippen LogP) is 0.799. The number of hydrogen-bond acceptors (Lipinski definition) is 3. The first-order valence-electron chi connectivity index (χ1n) is 5.26. The lowest BCUT2D eigenvalue weighted by molar-refractivity contribution is -0.00000312. The SMILES string of the molecule is C[P+](c1ccsc1)(c1ccsc1)c1ccsc1.[I-]. The second-order valence-corrected chi connectivity index (χ2v) is 9.85. The summed E-state index contributed by atoms with van der Waals surface area (Å²) in [7, 11) is -1.35. The van der Waals surface area contributed by atoms with Gasteiger partial charge in [0.1, 0.15) is 23.2 Å². The average Bonchev–Trinajstić information content (AvgIpc) is 3.10. The molecule has 18 heavy (non-hydrogen) atoms. The van der Waals surface area contributed by atoms with Gasteiger partial charge in [-0.25, -0.2) is 0 Å². The fraction of sp³-hybridized carbons (Fsp3) is 0.0769. The lowest BCUT2D eigenvalue weighted by Crippen LogP contribution is -3.00. The minimum absolute atomic E-state index is 0. The molecule has 3 aromatic rings. The molecule has 0 radical (unpaired) electrons. The van der Waals surface area contributed by atoms with Crippen LogP contribution in [0.3, 0.4) is 0 Å². The van der Waals surface area contributed by atoms with Crippen molar-refractivity contribution >= 4 is 57.2 Å². The summed E-state index contributed by atoms with van der Waals surface area (Å²) < 4.78 is 0. The van der Waals surface area contributed by atoms with Crippen LogP contribution in [0.1, 0.15) is 0 Å². The van der Waals surface area contributed by atoms with Crippen LogP contribution in [0.2, 0.25) is 0 Å².